The molecule has 0 atom stereocenters. The number of hydrogen-bond donors (Lipinski definition) is 3. The standard InChI is InChI=1S/C17H18BrN3O3S/c1-10(2)16(23)19-17(25)21-20-14(22)9-24-13-8-7-11-5-3-4-6-12(11)15(13)18/h3-8,10H,9H2,1-2H3,(H,20,22)(H2,19,21,23,25). The lowest BCUT2D eigenvalue weighted by Gasteiger charge is -2.13. The van der Waals surface area contributed by atoms with Gasteiger partial charge in [0.05, 0.1) is 4.47 Å². The monoisotopic (exact) mass is 423 g/mol. The summed E-state index contributed by atoms with van der Waals surface area (Å²) >= 11 is 8.41. The molecule has 0 heterocycles. The van der Waals surface area contributed by atoms with E-state index in [1.807, 2.05) is 30.3 Å². The summed E-state index contributed by atoms with van der Waals surface area (Å²) in [7, 11) is 0. The van der Waals surface area contributed by atoms with Crippen molar-refractivity contribution in [3.63, 3.8) is 0 Å². The Hall–Kier alpha value is -2.19. The Morgan fingerprint density at radius 2 is 1.88 bits per heavy atom. The number of hydrazine groups is 1. The van der Waals surface area contributed by atoms with Crippen molar-refractivity contribution in [1.29, 1.82) is 0 Å². The van der Waals surface area contributed by atoms with Gasteiger partial charge >= 0.3 is 0 Å². The predicted octanol–water partition coefficient (Wildman–Crippen LogP) is 2.66. The van der Waals surface area contributed by atoms with Gasteiger partial charge in [-0.1, -0.05) is 44.2 Å². The van der Waals surface area contributed by atoms with Gasteiger partial charge in [0.2, 0.25) is 5.91 Å². The van der Waals surface area contributed by atoms with Gasteiger partial charge < -0.3 is 10.1 Å². The molecule has 0 aliphatic carbocycles. The van der Waals surface area contributed by atoms with Crippen molar-refractivity contribution in [3.8, 4) is 5.75 Å². The summed E-state index contributed by atoms with van der Waals surface area (Å²) in [6, 6.07) is 11.6. The fraction of sp³-hybridized carbons (Fsp3) is 0.235. The quantitative estimate of drug-likeness (QED) is 0.520. The van der Waals surface area contributed by atoms with Crippen LogP contribution in [0.3, 0.4) is 0 Å². The highest BCUT2D eigenvalue weighted by atomic mass is 79.9. The molecular formula is C17H18BrN3O3S. The number of carbonyl (C=O) groups excluding carboxylic acids is 2. The first-order valence-electron chi connectivity index (χ1n) is 7.58. The summed E-state index contributed by atoms with van der Waals surface area (Å²) in [6.07, 6.45) is 0. The van der Waals surface area contributed by atoms with Crippen LogP contribution in [-0.2, 0) is 9.59 Å². The third-order valence-corrected chi connectivity index (χ3v) is 4.29. The van der Waals surface area contributed by atoms with E-state index in [9.17, 15) is 9.59 Å². The minimum Gasteiger partial charge on any atom is -0.483 e. The number of halogens is 1. The molecule has 0 spiro atoms. The van der Waals surface area contributed by atoms with E-state index in [4.69, 9.17) is 17.0 Å². The molecule has 6 nitrogen and oxygen atoms in total. The fourth-order valence-corrected chi connectivity index (χ4v) is 2.68. The van der Waals surface area contributed by atoms with Crippen LogP contribution >= 0.6 is 28.1 Å². The van der Waals surface area contributed by atoms with Crippen molar-refractivity contribution >= 4 is 55.8 Å². The topological polar surface area (TPSA) is 79.5 Å². The Morgan fingerprint density at radius 1 is 1.16 bits per heavy atom. The average molecular weight is 424 g/mol. The SMILES string of the molecule is CC(C)C(=O)NC(=S)NNC(=O)COc1ccc2ccccc2c1Br. The van der Waals surface area contributed by atoms with Crippen molar-refractivity contribution in [2.75, 3.05) is 6.61 Å². The van der Waals surface area contributed by atoms with Gasteiger partial charge in [-0.15, -0.1) is 0 Å². The summed E-state index contributed by atoms with van der Waals surface area (Å²) in [4.78, 5) is 23.3. The Morgan fingerprint density at radius 3 is 2.60 bits per heavy atom. The van der Waals surface area contributed by atoms with Crippen LogP contribution in [0.1, 0.15) is 13.8 Å². The Kier molecular flexibility index (Phi) is 6.72. The van der Waals surface area contributed by atoms with Crippen LogP contribution in [0, 0.1) is 5.92 Å². The number of ether oxygens (including phenoxy) is 1. The molecule has 0 radical (unpaired) electrons. The molecule has 2 aromatic carbocycles. The normalized spacial score (nSPS) is 10.4. The van der Waals surface area contributed by atoms with Crippen LogP contribution in [0.5, 0.6) is 5.75 Å². The highest BCUT2D eigenvalue weighted by Gasteiger charge is 2.11. The maximum atomic E-state index is 11.8. The van der Waals surface area contributed by atoms with E-state index in [0.29, 0.717) is 5.75 Å². The lowest BCUT2D eigenvalue weighted by molar-refractivity contribution is -0.124. The van der Waals surface area contributed by atoms with Crippen LogP contribution in [0.15, 0.2) is 40.9 Å². The van der Waals surface area contributed by atoms with Crippen molar-refractivity contribution in [2.45, 2.75) is 13.8 Å². The van der Waals surface area contributed by atoms with Crippen molar-refractivity contribution in [1.82, 2.24) is 16.2 Å². The molecule has 0 unspecified atom stereocenters. The minimum absolute atomic E-state index is 0.0268. The van der Waals surface area contributed by atoms with Crippen LogP contribution < -0.4 is 20.9 Å². The second-order valence-electron chi connectivity index (χ2n) is 5.53. The first-order valence-corrected chi connectivity index (χ1v) is 8.78. The first-order chi connectivity index (χ1) is 11.9. The maximum absolute atomic E-state index is 11.8. The van der Waals surface area contributed by atoms with Crippen molar-refractivity contribution in [3.05, 3.63) is 40.9 Å². The number of carbonyl (C=O) groups is 2. The number of benzene rings is 2. The summed E-state index contributed by atoms with van der Waals surface area (Å²) in [5.74, 6) is -0.308. The number of fused-ring (bicyclic) bond motifs is 1. The minimum atomic E-state index is -0.429. The zero-order valence-corrected chi connectivity index (χ0v) is 16.2. The van der Waals surface area contributed by atoms with E-state index in [1.165, 1.54) is 0 Å². The zero-order valence-electron chi connectivity index (χ0n) is 13.8. The zero-order chi connectivity index (χ0) is 18.4. The summed E-state index contributed by atoms with van der Waals surface area (Å²) in [5.41, 5.74) is 4.83. The van der Waals surface area contributed by atoms with E-state index in [1.54, 1.807) is 19.9 Å². The molecule has 2 amide bonds. The van der Waals surface area contributed by atoms with E-state index in [2.05, 4.69) is 32.1 Å². The predicted molar refractivity (Wildman–Crippen MR) is 104 cm³/mol. The highest BCUT2D eigenvalue weighted by Crippen LogP contribution is 2.32. The van der Waals surface area contributed by atoms with Crippen molar-refractivity contribution in [2.24, 2.45) is 5.92 Å². The van der Waals surface area contributed by atoms with Crippen LogP contribution in [-0.4, -0.2) is 23.5 Å². The molecule has 0 aliphatic heterocycles. The Bertz CT molecular complexity index is 811. The smallest absolute Gasteiger partial charge is 0.276 e. The van der Waals surface area contributed by atoms with E-state index < -0.39 is 5.91 Å². The third-order valence-electron chi connectivity index (χ3n) is 3.26. The molecule has 3 N–H and O–H groups in total. The first kappa shape index (κ1) is 19.1. The number of amides is 2. The van der Waals surface area contributed by atoms with Crippen LogP contribution in [0.25, 0.3) is 10.8 Å². The number of thiocarbonyl (C=S) groups is 1. The molecule has 132 valence electrons. The van der Waals surface area contributed by atoms with Gasteiger partial charge in [-0.05, 0) is 45.0 Å². The molecule has 0 saturated carbocycles. The number of rotatable bonds is 4. The lowest BCUT2D eigenvalue weighted by atomic mass is 10.1. The van der Waals surface area contributed by atoms with E-state index >= 15 is 0 Å². The molecule has 2 aromatic rings. The largest absolute Gasteiger partial charge is 0.483 e. The molecule has 0 aliphatic rings. The molecule has 2 rings (SSSR count). The third kappa shape index (κ3) is 5.40. The Balaban J connectivity index is 1.85. The number of nitrogens with one attached hydrogen (secondary N) is 3. The molecule has 0 bridgehead atoms. The average Bonchev–Trinajstić information content (AvgIpc) is 2.59. The van der Waals surface area contributed by atoms with Gasteiger partial charge in [-0.3, -0.25) is 20.4 Å². The van der Waals surface area contributed by atoms with E-state index in [0.717, 1.165) is 15.2 Å². The second-order valence-corrected chi connectivity index (χ2v) is 6.73. The summed E-state index contributed by atoms with van der Waals surface area (Å²) in [5, 5.41) is 4.55. The second kappa shape index (κ2) is 8.77. The van der Waals surface area contributed by atoms with Gasteiger partial charge in [0.1, 0.15) is 5.75 Å². The van der Waals surface area contributed by atoms with Gasteiger partial charge in [0, 0.05) is 5.92 Å². The molecular weight excluding hydrogens is 406 g/mol. The molecule has 25 heavy (non-hydrogen) atoms. The van der Waals surface area contributed by atoms with Gasteiger partial charge in [-0.25, -0.2) is 0 Å². The molecule has 8 heteroatoms. The Labute approximate surface area is 159 Å². The van der Waals surface area contributed by atoms with Crippen LogP contribution in [0.4, 0.5) is 0 Å². The highest BCUT2D eigenvalue weighted by molar-refractivity contribution is 9.10. The molecule has 0 saturated heterocycles. The lowest BCUT2D eigenvalue weighted by Crippen LogP contribution is -2.50. The van der Waals surface area contributed by atoms with E-state index in [-0.39, 0.29) is 23.5 Å². The fourth-order valence-electron chi connectivity index (χ4n) is 1.92. The van der Waals surface area contributed by atoms with Gasteiger partial charge in [0.15, 0.2) is 11.7 Å². The van der Waals surface area contributed by atoms with Gasteiger partial charge in [-0.2, -0.15) is 0 Å². The molecule has 0 fully saturated rings. The van der Waals surface area contributed by atoms with Crippen molar-refractivity contribution < 1.29 is 14.3 Å². The maximum Gasteiger partial charge on any atom is 0.276 e. The number of hydrogen-bond acceptors (Lipinski definition) is 4. The van der Waals surface area contributed by atoms with Crippen LogP contribution in [0.2, 0.25) is 0 Å². The van der Waals surface area contributed by atoms with Gasteiger partial charge in [0.25, 0.3) is 5.91 Å². The summed E-state index contributed by atoms with van der Waals surface area (Å²) < 4.78 is 6.31. The molecule has 0 aromatic heterocycles. The summed E-state index contributed by atoms with van der Waals surface area (Å²) in [6.45, 7) is 3.28.